The fraction of sp³-hybridized carbons (Fsp3) is 0.318. The van der Waals surface area contributed by atoms with Gasteiger partial charge < -0.3 is 0 Å². The molecule has 5 nitrogen and oxygen atoms in total. The van der Waals surface area contributed by atoms with Crippen molar-refractivity contribution in [3.63, 3.8) is 0 Å². The number of fused-ring (bicyclic) bond motifs is 4. The minimum atomic E-state index is -0.243. The molecule has 1 aliphatic heterocycles. The van der Waals surface area contributed by atoms with Crippen LogP contribution in [0.15, 0.2) is 48.5 Å². The predicted octanol–water partition coefficient (Wildman–Crippen LogP) is 3.61. The van der Waals surface area contributed by atoms with Gasteiger partial charge in [0, 0.05) is 10.8 Å². The first-order chi connectivity index (χ1) is 13.2. The molecule has 2 fully saturated rings. The molecule has 1 saturated carbocycles. The second-order valence-electron chi connectivity index (χ2n) is 7.52. The van der Waals surface area contributed by atoms with Crippen molar-refractivity contribution in [3.8, 4) is 0 Å². The van der Waals surface area contributed by atoms with Crippen LogP contribution in [0.3, 0.4) is 0 Å². The van der Waals surface area contributed by atoms with Gasteiger partial charge in [-0.25, -0.2) is 0 Å². The molecule has 27 heavy (non-hydrogen) atoms. The number of hydrogen-bond donors (Lipinski definition) is 0. The van der Waals surface area contributed by atoms with E-state index in [1.165, 1.54) is 4.90 Å². The third-order valence-corrected chi connectivity index (χ3v) is 6.06. The Morgan fingerprint density at radius 1 is 0.815 bits per heavy atom. The third-order valence-electron chi connectivity index (χ3n) is 6.06. The highest BCUT2D eigenvalue weighted by Crippen LogP contribution is 2.38. The number of nitrogens with zero attached hydrogens (tertiary/aromatic N) is 2. The van der Waals surface area contributed by atoms with Gasteiger partial charge >= 0.3 is 0 Å². The van der Waals surface area contributed by atoms with Gasteiger partial charge in [-0.1, -0.05) is 49.2 Å². The fourth-order valence-corrected chi connectivity index (χ4v) is 4.78. The first-order valence-electron chi connectivity index (χ1n) is 9.53. The van der Waals surface area contributed by atoms with Crippen LogP contribution < -0.4 is 0 Å². The second-order valence-corrected chi connectivity index (χ2v) is 7.52. The maximum absolute atomic E-state index is 13.2. The van der Waals surface area contributed by atoms with E-state index in [4.69, 9.17) is 0 Å². The molecular weight excluding hydrogens is 340 g/mol. The third kappa shape index (κ3) is 2.34. The Morgan fingerprint density at radius 2 is 1.30 bits per heavy atom. The smallest absolute Gasteiger partial charge is 0.251 e. The van der Waals surface area contributed by atoms with E-state index in [2.05, 4.69) is 0 Å². The van der Waals surface area contributed by atoms with Gasteiger partial charge in [0.05, 0.1) is 22.9 Å². The zero-order chi connectivity index (χ0) is 18.5. The van der Waals surface area contributed by atoms with Gasteiger partial charge in [-0.3, -0.25) is 23.9 Å². The molecule has 2 heterocycles. The number of likely N-dealkylation sites (tertiary alicyclic amines) is 1. The molecule has 2 atom stereocenters. The van der Waals surface area contributed by atoms with Crippen LogP contribution in [0.2, 0.25) is 0 Å². The lowest BCUT2D eigenvalue weighted by Crippen LogP contribution is -2.37. The molecule has 5 rings (SSSR count). The fourth-order valence-electron chi connectivity index (χ4n) is 4.78. The topological polar surface area (TPSA) is 59.4 Å². The van der Waals surface area contributed by atoms with Crippen molar-refractivity contribution in [3.05, 3.63) is 48.5 Å². The lowest BCUT2D eigenvalue weighted by atomic mass is 9.81. The van der Waals surface area contributed by atoms with E-state index in [-0.39, 0.29) is 36.1 Å². The SMILES string of the molecule is O=C1C2CCCCC2C(=O)N1CC(=O)n1c2ccccc2c2ccccc21. The number of benzene rings is 2. The van der Waals surface area contributed by atoms with Gasteiger partial charge in [-0.05, 0) is 25.0 Å². The molecule has 1 aromatic heterocycles. The number of para-hydroxylation sites is 2. The molecule has 2 aromatic carbocycles. The summed E-state index contributed by atoms with van der Waals surface area (Å²) < 4.78 is 1.65. The van der Waals surface area contributed by atoms with Crippen LogP contribution in [0.1, 0.15) is 30.5 Å². The molecule has 2 amide bonds. The van der Waals surface area contributed by atoms with Gasteiger partial charge in [-0.2, -0.15) is 0 Å². The van der Waals surface area contributed by atoms with Gasteiger partial charge in [-0.15, -0.1) is 0 Å². The molecule has 2 unspecified atom stereocenters. The van der Waals surface area contributed by atoms with Crippen molar-refractivity contribution in [1.29, 1.82) is 0 Å². The molecule has 3 aromatic rings. The number of carbonyl (C=O) groups excluding carboxylic acids is 3. The van der Waals surface area contributed by atoms with E-state index in [1.54, 1.807) is 4.57 Å². The Kier molecular flexibility index (Phi) is 3.64. The van der Waals surface area contributed by atoms with Gasteiger partial charge in [0.15, 0.2) is 0 Å². The molecule has 1 saturated heterocycles. The quantitative estimate of drug-likeness (QED) is 0.656. The van der Waals surface area contributed by atoms with Crippen LogP contribution in [0, 0.1) is 11.8 Å². The molecule has 0 spiro atoms. The maximum atomic E-state index is 13.2. The first kappa shape index (κ1) is 16.2. The van der Waals surface area contributed by atoms with Crippen LogP contribution in [-0.2, 0) is 9.59 Å². The predicted molar refractivity (Wildman–Crippen MR) is 102 cm³/mol. The number of carbonyl (C=O) groups is 3. The molecule has 1 aliphatic carbocycles. The maximum Gasteiger partial charge on any atom is 0.251 e. The summed E-state index contributed by atoms with van der Waals surface area (Å²) in [4.78, 5) is 39.9. The summed E-state index contributed by atoms with van der Waals surface area (Å²) in [6.07, 6.45) is 3.48. The van der Waals surface area contributed by atoms with Crippen molar-refractivity contribution in [2.45, 2.75) is 25.7 Å². The largest absolute Gasteiger partial charge is 0.278 e. The molecule has 0 bridgehead atoms. The summed E-state index contributed by atoms with van der Waals surface area (Å²) in [6, 6.07) is 15.5. The van der Waals surface area contributed by atoms with Crippen LogP contribution in [0.4, 0.5) is 0 Å². The Bertz CT molecular complexity index is 1020. The minimum Gasteiger partial charge on any atom is -0.278 e. The van der Waals surface area contributed by atoms with Crippen LogP contribution in [0.25, 0.3) is 21.8 Å². The van der Waals surface area contributed by atoms with E-state index in [0.29, 0.717) is 0 Å². The number of hydrogen-bond acceptors (Lipinski definition) is 3. The van der Waals surface area contributed by atoms with Gasteiger partial charge in [0.2, 0.25) is 11.8 Å². The van der Waals surface area contributed by atoms with Crippen molar-refractivity contribution in [1.82, 2.24) is 9.47 Å². The van der Waals surface area contributed by atoms with Gasteiger partial charge in [0.25, 0.3) is 5.91 Å². The normalized spacial score (nSPS) is 22.6. The van der Waals surface area contributed by atoms with Crippen molar-refractivity contribution in [2.75, 3.05) is 6.54 Å². The average Bonchev–Trinajstić information content (AvgIpc) is 3.16. The molecule has 136 valence electrons. The van der Waals surface area contributed by atoms with Crippen LogP contribution in [0.5, 0.6) is 0 Å². The number of aromatic nitrogens is 1. The standard InChI is InChI=1S/C22H20N2O3/c25-20(13-23-21(26)16-9-1-2-10-17(16)22(23)27)24-18-11-5-3-7-14(18)15-8-4-6-12-19(15)24/h3-8,11-12,16-17H,1-2,9-10,13H2. The lowest BCUT2D eigenvalue weighted by molar-refractivity contribution is -0.139. The van der Waals surface area contributed by atoms with E-state index >= 15 is 0 Å². The Labute approximate surface area is 156 Å². The summed E-state index contributed by atoms with van der Waals surface area (Å²) in [5, 5.41) is 1.99. The minimum absolute atomic E-state index is 0.168. The van der Waals surface area contributed by atoms with Crippen molar-refractivity contribution >= 4 is 39.5 Å². The van der Waals surface area contributed by atoms with Crippen LogP contribution >= 0.6 is 0 Å². The van der Waals surface area contributed by atoms with Crippen molar-refractivity contribution in [2.24, 2.45) is 11.8 Å². The van der Waals surface area contributed by atoms with E-state index in [1.807, 2.05) is 48.5 Å². The zero-order valence-electron chi connectivity index (χ0n) is 14.9. The molecule has 0 radical (unpaired) electrons. The summed E-state index contributed by atoms with van der Waals surface area (Å²) in [7, 11) is 0. The molecule has 2 aliphatic rings. The first-order valence-corrected chi connectivity index (χ1v) is 9.53. The monoisotopic (exact) mass is 360 g/mol. The zero-order valence-corrected chi connectivity index (χ0v) is 14.9. The number of rotatable bonds is 2. The highest BCUT2D eigenvalue weighted by atomic mass is 16.2. The van der Waals surface area contributed by atoms with Gasteiger partial charge in [0.1, 0.15) is 6.54 Å². The van der Waals surface area contributed by atoms with Crippen molar-refractivity contribution < 1.29 is 14.4 Å². The summed E-state index contributed by atoms with van der Waals surface area (Å²) >= 11 is 0. The van der Waals surface area contributed by atoms with E-state index in [0.717, 1.165) is 47.5 Å². The number of imide groups is 1. The lowest BCUT2D eigenvalue weighted by Gasteiger charge is -2.19. The Hall–Kier alpha value is -2.95. The summed E-state index contributed by atoms with van der Waals surface area (Å²) in [6.45, 7) is -0.187. The average molecular weight is 360 g/mol. The van der Waals surface area contributed by atoms with E-state index in [9.17, 15) is 14.4 Å². The second kappa shape index (κ2) is 6.05. The molecule has 0 N–H and O–H groups in total. The number of amides is 2. The molecular formula is C22H20N2O3. The molecule has 5 heteroatoms. The highest BCUT2D eigenvalue weighted by molar-refractivity contribution is 6.15. The summed E-state index contributed by atoms with van der Waals surface area (Å²) in [5.74, 6) is -1.03. The Balaban J connectivity index is 1.55. The Morgan fingerprint density at radius 3 is 1.81 bits per heavy atom. The van der Waals surface area contributed by atoms with E-state index < -0.39 is 0 Å². The van der Waals surface area contributed by atoms with Crippen LogP contribution in [-0.4, -0.2) is 33.7 Å². The highest BCUT2D eigenvalue weighted by Gasteiger charge is 2.48. The summed E-state index contributed by atoms with van der Waals surface area (Å²) in [5.41, 5.74) is 1.61.